The minimum absolute atomic E-state index is 0.0385. The van der Waals surface area contributed by atoms with Crippen molar-refractivity contribution in [3.8, 4) is 11.5 Å². The van der Waals surface area contributed by atoms with Gasteiger partial charge >= 0.3 is 0 Å². The van der Waals surface area contributed by atoms with Crippen LogP contribution in [-0.4, -0.2) is 52.6 Å². The fourth-order valence-electron chi connectivity index (χ4n) is 3.08. The van der Waals surface area contributed by atoms with Gasteiger partial charge < -0.3 is 14.4 Å². The maximum Gasteiger partial charge on any atom is 0.244 e. The van der Waals surface area contributed by atoms with Gasteiger partial charge in [-0.25, -0.2) is 13.1 Å². The molecule has 1 aromatic carbocycles. The summed E-state index contributed by atoms with van der Waals surface area (Å²) in [5.41, 5.74) is 0. The Hall–Kier alpha value is -1.80. The number of methoxy groups -OCH3 is 2. The van der Waals surface area contributed by atoms with Gasteiger partial charge in [0.15, 0.2) is 0 Å². The molecular weight excluding hydrogens is 368 g/mol. The number of rotatable bonds is 8. The summed E-state index contributed by atoms with van der Waals surface area (Å²) in [7, 11) is -0.888. The Kier molecular flexibility index (Phi) is 7.49. The van der Waals surface area contributed by atoms with Gasteiger partial charge in [-0.05, 0) is 37.3 Å². The Balaban J connectivity index is 2.11. The summed E-state index contributed by atoms with van der Waals surface area (Å²) >= 11 is 0. The predicted octanol–water partition coefficient (Wildman–Crippen LogP) is 2.41. The third kappa shape index (κ3) is 5.84. The highest BCUT2D eigenvalue weighted by Gasteiger charge is 2.28. The van der Waals surface area contributed by atoms with Crippen LogP contribution in [0.25, 0.3) is 0 Å². The zero-order valence-corrected chi connectivity index (χ0v) is 17.3. The molecule has 1 amide bonds. The van der Waals surface area contributed by atoms with Crippen molar-refractivity contribution >= 4 is 15.9 Å². The molecule has 27 heavy (non-hydrogen) atoms. The molecular formula is C19H30N2O5S. The second-order valence-corrected chi connectivity index (χ2v) is 8.91. The third-order valence-corrected chi connectivity index (χ3v) is 6.31. The highest BCUT2D eigenvalue weighted by atomic mass is 32.2. The Bertz CT molecular complexity index is 748. The van der Waals surface area contributed by atoms with E-state index < -0.39 is 10.0 Å². The first kappa shape index (κ1) is 21.5. The zero-order chi connectivity index (χ0) is 20.0. The smallest absolute Gasteiger partial charge is 0.244 e. The Morgan fingerprint density at radius 3 is 2.59 bits per heavy atom. The fraction of sp³-hybridized carbons (Fsp3) is 0.632. The Labute approximate surface area is 162 Å². The van der Waals surface area contributed by atoms with E-state index in [1.165, 1.54) is 20.3 Å². The second-order valence-electron chi connectivity index (χ2n) is 7.23. The van der Waals surface area contributed by atoms with Crippen molar-refractivity contribution in [3.63, 3.8) is 0 Å². The van der Waals surface area contributed by atoms with Crippen molar-refractivity contribution in [1.82, 2.24) is 9.62 Å². The Morgan fingerprint density at radius 1 is 1.22 bits per heavy atom. The molecule has 1 aromatic rings. The van der Waals surface area contributed by atoms with Crippen molar-refractivity contribution in [3.05, 3.63) is 18.2 Å². The van der Waals surface area contributed by atoms with E-state index in [0.29, 0.717) is 37.5 Å². The minimum Gasteiger partial charge on any atom is -0.497 e. The number of nitrogens with zero attached hydrogens (tertiary/aromatic N) is 1. The molecule has 1 heterocycles. The summed E-state index contributed by atoms with van der Waals surface area (Å²) in [5.74, 6) is 1.31. The molecule has 0 aliphatic carbocycles. The van der Waals surface area contributed by atoms with E-state index in [9.17, 15) is 13.2 Å². The second kappa shape index (κ2) is 9.41. The number of likely N-dealkylation sites (tertiary alicyclic amines) is 1. The molecule has 1 fully saturated rings. The van der Waals surface area contributed by atoms with E-state index >= 15 is 0 Å². The molecule has 0 saturated carbocycles. The van der Waals surface area contributed by atoms with Gasteiger partial charge in [0.2, 0.25) is 15.9 Å². The molecule has 1 saturated heterocycles. The van der Waals surface area contributed by atoms with E-state index in [1.54, 1.807) is 12.1 Å². The van der Waals surface area contributed by atoms with Gasteiger partial charge in [-0.2, -0.15) is 0 Å². The summed E-state index contributed by atoms with van der Waals surface area (Å²) < 4.78 is 38.9. The number of hydrogen-bond acceptors (Lipinski definition) is 5. The highest BCUT2D eigenvalue weighted by molar-refractivity contribution is 7.89. The van der Waals surface area contributed by atoms with Gasteiger partial charge in [0.05, 0.1) is 14.2 Å². The highest BCUT2D eigenvalue weighted by Crippen LogP contribution is 2.29. The number of nitrogens with one attached hydrogen (secondary N) is 1. The molecule has 0 radical (unpaired) electrons. The minimum atomic E-state index is -3.80. The quantitative estimate of drug-likeness (QED) is 0.727. The number of hydrogen-bond donors (Lipinski definition) is 1. The summed E-state index contributed by atoms with van der Waals surface area (Å²) in [5, 5.41) is 0. The topological polar surface area (TPSA) is 84.9 Å². The molecule has 152 valence electrons. The third-order valence-electron chi connectivity index (χ3n) is 4.77. The van der Waals surface area contributed by atoms with Gasteiger partial charge in [-0.3, -0.25) is 4.79 Å². The first-order valence-electron chi connectivity index (χ1n) is 9.29. The van der Waals surface area contributed by atoms with Crippen LogP contribution in [0.5, 0.6) is 11.5 Å². The normalized spacial score (nSPS) is 18.5. The van der Waals surface area contributed by atoms with Crippen LogP contribution in [0, 0.1) is 5.92 Å². The molecule has 0 aromatic heterocycles. The number of carbonyl (C=O) groups excluding carboxylic acids is 1. The summed E-state index contributed by atoms with van der Waals surface area (Å²) in [6.45, 7) is 5.54. The summed E-state index contributed by atoms with van der Waals surface area (Å²) in [4.78, 5) is 14.2. The average Bonchev–Trinajstić information content (AvgIpc) is 2.80. The van der Waals surface area contributed by atoms with Gasteiger partial charge in [-0.1, -0.05) is 13.8 Å². The van der Waals surface area contributed by atoms with Gasteiger partial charge in [0.25, 0.3) is 0 Å². The lowest BCUT2D eigenvalue weighted by Crippen LogP contribution is -2.36. The zero-order valence-electron chi connectivity index (χ0n) is 16.5. The number of amides is 1. The number of sulfonamides is 1. The molecule has 0 bridgehead atoms. The van der Waals surface area contributed by atoms with Crippen LogP contribution in [0.1, 0.15) is 39.5 Å². The van der Waals surface area contributed by atoms with Crippen LogP contribution in [-0.2, 0) is 14.8 Å². The van der Waals surface area contributed by atoms with Gasteiger partial charge in [-0.15, -0.1) is 0 Å². The average molecular weight is 399 g/mol. The molecule has 8 heteroatoms. The van der Waals surface area contributed by atoms with Crippen LogP contribution >= 0.6 is 0 Å². The molecule has 1 atom stereocenters. The number of benzene rings is 1. The largest absolute Gasteiger partial charge is 0.497 e. The van der Waals surface area contributed by atoms with Gasteiger partial charge in [0, 0.05) is 31.6 Å². The van der Waals surface area contributed by atoms with Crippen molar-refractivity contribution < 1.29 is 22.7 Å². The number of carbonyl (C=O) groups is 1. The van der Waals surface area contributed by atoms with Gasteiger partial charge in [0.1, 0.15) is 16.4 Å². The van der Waals surface area contributed by atoms with Crippen LogP contribution in [0.3, 0.4) is 0 Å². The van der Waals surface area contributed by atoms with E-state index in [0.717, 1.165) is 13.0 Å². The van der Waals surface area contributed by atoms with Crippen LogP contribution in [0.2, 0.25) is 0 Å². The fourth-order valence-corrected chi connectivity index (χ4v) is 4.57. The molecule has 7 nitrogen and oxygen atoms in total. The summed E-state index contributed by atoms with van der Waals surface area (Å²) in [6, 6.07) is 4.36. The molecule has 1 N–H and O–H groups in total. The van der Waals surface area contributed by atoms with Crippen LogP contribution in [0.15, 0.2) is 23.1 Å². The monoisotopic (exact) mass is 398 g/mol. The lowest BCUT2D eigenvalue weighted by Gasteiger charge is -2.22. The van der Waals surface area contributed by atoms with Crippen molar-refractivity contribution in [2.75, 3.05) is 27.3 Å². The van der Waals surface area contributed by atoms with Crippen molar-refractivity contribution in [1.29, 1.82) is 0 Å². The lowest BCUT2D eigenvalue weighted by molar-refractivity contribution is -0.130. The van der Waals surface area contributed by atoms with E-state index in [1.807, 2.05) is 4.90 Å². The van der Waals surface area contributed by atoms with Crippen molar-refractivity contribution in [2.45, 2.75) is 50.5 Å². The standard InChI is InChI=1S/C19H30N2O5S/c1-14(2)9-11-21-12-10-15(5-8-19(21)22)20-27(23,24)18-13-16(25-3)6-7-17(18)26-4/h6-7,13-15,20H,5,8-12H2,1-4H3. The summed E-state index contributed by atoms with van der Waals surface area (Å²) in [6.07, 6.45) is 2.38. The first-order valence-corrected chi connectivity index (χ1v) is 10.8. The van der Waals surface area contributed by atoms with E-state index in [2.05, 4.69) is 18.6 Å². The van der Waals surface area contributed by atoms with Crippen LogP contribution in [0.4, 0.5) is 0 Å². The first-order chi connectivity index (χ1) is 12.8. The number of ether oxygens (including phenoxy) is 2. The van der Waals surface area contributed by atoms with Crippen LogP contribution < -0.4 is 14.2 Å². The Morgan fingerprint density at radius 2 is 1.96 bits per heavy atom. The maximum absolute atomic E-state index is 12.9. The maximum atomic E-state index is 12.9. The molecule has 1 aliphatic heterocycles. The molecule has 0 spiro atoms. The predicted molar refractivity (Wildman–Crippen MR) is 104 cm³/mol. The molecule has 1 aliphatic rings. The molecule has 1 unspecified atom stereocenters. The van der Waals surface area contributed by atoms with E-state index in [-0.39, 0.29) is 22.6 Å². The SMILES string of the molecule is COc1ccc(OC)c(S(=O)(=O)NC2CCC(=O)N(CCC(C)C)CC2)c1. The molecule has 2 rings (SSSR count). The van der Waals surface area contributed by atoms with Crippen molar-refractivity contribution in [2.24, 2.45) is 5.92 Å². The van der Waals surface area contributed by atoms with E-state index in [4.69, 9.17) is 9.47 Å². The lowest BCUT2D eigenvalue weighted by atomic mass is 10.1.